The summed E-state index contributed by atoms with van der Waals surface area (Å²) in [5.41, 5.74) is 1.21. The predicted octanol–water partition coefficient (Wildman–Crippen LogP) is 4.77. The highest BCUT2D eigenvalue weighted by Gasteiger charge is 2.20. The van der Waals surface area contributed by atoms with Crippen molar-refractivity contribution in [2.45, 2.75) is 19.8 Å². The zero-order valence-electron chi connectivity index (χ0n) is 15.5. The molecule has 0 aliphatic rings. The highest BCUT2D eigenvalue weighted by molar-refractivity contribution is 7.90. The summed E-state index contributed by atoms with van der Waals surface area (Å²) in [6.45, 7) is 1.68. The van der Waals surface area contributed by atoms with Crippen molar-refractivity contribution in [2.24, 2.45) is 0 Å². The number of aromatic nitrogens is 2. The van der Waals surface area contributed by atoms with Crippen LogP contribution in [-0.2, 0) is 16.3 Å². The Labute approximate surface area is 182 Å². The maximum Gasteiger partial charge on any atom is 0.191 e. The van der Waals surface area contributed by atoms with Gasteiger partial charge in [0.25, 0.3) is 0 Å². The normalized spacial score (nSPS) is 11.9. The maximum atomic E-state index is 13.7. The van der Waals surface area contributed by atoms with Crippen LogP contribution in [-0.4, -0.2) is 30.0 Å². The first-order chi connectivity index (χ1) is 13.5. The zero-order valence-corrected chi connectivity index (χ0v) is 18.6. The number of fused-ring (bicyclic) bond motifs is 1. The Kier molecular flexibility index (Phi) is 6.24. The number of nitrogens with zero attached hydrogens (tertiary/aromatic N) is 2. The van der Waals surface area contributed by atoms with Gasteiger partial charge in [-0.2, -0.15) is 0 Å². The predicted molar refractivity (Wildman–Crippen MR) is 115 cm³/mol. The van der Waals surface area contributed by atoms with E-state index in [2.05, 4.69) is 4.98 Å². The van der Waals surface area contributed by atoms with Crippen molar-refractivity contribution in [2.75, 3.05) is 12.0 Å². The van der Waals surface area contributed by atoms with Crippen molar-refractivity contribution >= 4 is 55.5 Å². The standard InChI is InChI=1S/C19H16Cl3FN2O3S/c1-10-6-16(26)17-15(4-3-5-29(2,27)28)24-9-14(22)19(17)25(10)18-12(20)7-11(23)8-13(18)21/h6-9H,3-5H2,1-2H3. The van der Waals surface area contributed by atoms with Crippen LogP contribution in [0.2, 0.25) is 15.1 Å². The second-order valence-corrected chi connectivity index (χ2v) is 10.2. The maximum absolute atomic E-state index is 13.7. The fraction of sp³-hybridized carbons (Fsp3) is 0.263. The number of pyridine rings is 2. The Morgan fingerprint density at radius 1 is 1.10 bits per heavy atom. The third-order valence-corrected chi connectivity index (χ3v) is 6.27. The number of aryl methyl sites for hydroxylation is 2. The molecule has 3 aromatic rings. The SMILES string of the molecule is Cc1cc(=O)c2c(CCCS(C)(=O)=O)ncc(Cl)c2n1-c1c(Cl)cc(F)cc1Cl. The Morgan fingerprint density at radius 3 is 2.31 bits per heavy atom. The van der Waals surface area contributed by atoms with E-state index in [0.29, 0.717) is 23.3 Å². The lowest BCUT2D eigenvalue weighted by Crippen LogP contribution is -2.15. The van der Waals surface area contributed by atoms with Gasteiger partial charge in [0.2, 0.25) is 0 Å². The fourth-order valence-corrected chi connectivity index (χ4v) is 4.75. The molecule has 5 nitrogen and oxygen atoms in total. The topological polar surface area (TPSA) is 69.0 Å². The molecule has 0 spiro atoms. The Hall–Kier alpha value is -1.67. The lowest BCUT2D eigenvalue weighted by atomic mass is 10.1. The molecular formula is C19H16Cl3FN2O3S. The quantitative estimate of drug-likeness (QED) is 0.531. The number of sulfone groups is 1. The monoisotopic (exact) mass is 476 g/mol. The Bertz CT molecular complexity index is 1270. The number of benzene rings is 1. The molecule has 29 heavy (non-hydrogen) atoms. The number of halogens is 4. The van der Waals surface area contributed by atoms with Crippen LogP contribution in [0.3, 0.4) is 0 Å². The van der Waals surface area contributed by atoms with Crippen LogP contribution >= 0.6 is 34.8 Å². The molecular weight excluding hydrogens is 462 g/mol. The molecule has 154 valence electrons. The molecule has 0 N–H and O–H groups in total. The lowest BCUT2D eigenvalue weighted by Gasteiger charge is -2.19. The smallest absolute Gasteiger partial charge is 0.191 e. The first-order valence-corrected chi connectivity index (χ1v) is 11.7. The summed E-state index contributed by atoms with van der Waals surface area (Å²) in [5, 5.41) is 0.529. The number of rotatable bonds is 5. The zero-order chi connectivity index (χ0) is 21.5. The van der Waals surface area contributed by atoms with Gasteiger partial charge in [-0.15, -0.1) is 0 Å². The Morgan fingerprint density at radius 2 is 1.72 bits per heavy atom. The molecule has 0 aliphatic heterocycles. The van der Waals surface area contributed by atoms with E-state index in [1.54, 1.807) is 11.5 Å². The van der Waals surface area contributed by atoms with Gasteiger partial charge in [0.1, 0.15) is 15.7 Å². The number of hydrogen-bond acceptors (Lipinski definition) is 4. The average molecular weight is 478 g/mol. The van der Waals surface area contributed by atoms with Gasteiger partial charge in [0.15, 0.2) is 5.43 Å². The molecule has 0 unspecified atom stereocenters. The van der Waals surface area contributed by atoms with Crippen LogP contribution in [0.4, 0.5) is 4.39 Å². The molecule has 0 bridgehead atoms. The minimum atomic E-state index is -3.15. The minimum absolute atomic E-state index is 0.0333. The van der Waals surface area contributed by atoms with Crippen LogP contribution < -0.4 is 5.43 Å². The fourth-order valence-electron chi connectivity index (χ4n) is 3.22. The second kappa shape index (κ2) is 8.22. The van der Waals surface area contributed by atoms with E-state index in [4.69, 9.17) is 34.8 Å². The van der Waals surface area contributed by atoms with Crippen LogP contribution in [0.15, 0.2) is 29.2 Å². The van der Waals surface area contributed by atoms with Crippen molar-refractivity contribution in [3.63, 3.8) is 0 Å². The first kappa shape index (κ1) is 22.0. The molecule has 0 saturated heterocycles. The number of hydrogen-bond donors (Lipinski definition) is 0. The Balaban J connectivity index is 2.31. The van der Waals surface area contributed by atoms with E-state index in [-0.39, 0.29) is 43.7 Å². The molecule has 0 atom stereocenters. The van der Waals surface area contributed by atoms with Crippen molar-refractivity contribution in [3.8, 4) is 5.69 Å². The largest absolute Gasteiger partial charge is 0.309 e. The third kappa shape index (κ3) is 4.58. The average Bonchev–Trinajstić information content (AvgIpc) is 2.57. The van der Waals surface area contributed by atoms with E-state index >= 15 is 0 Å². The van der Waals surface area contributed by atoms with Crippen molar-refractivity contribution in [1.29, 1.82) is 0 Å². The molecule has 0 amide bonds. The summed E-state index contributed by atoms with van der Waals surface area (Å²) >= 11 is 18.9. The van der Waals surface area contributed by atoms with Crippen LogP contribution in [0.25, 0.3) is 16.6 Å². The molecule has 0 radical (unpaired) electrons. The van der Waals surface area contributed by atoms with Crippen LogP contribution in [0.5, 0.6) is 0 Å². The van der Waals surface area contributed by atoms with E-state index in [9.17, 15) is 17.6 Å². The van der Waals surface area contributed by atoms with Gasteiger partial charge in [0, 0.05) is 24.2 Å². The molecule has 0 fully saturated rings. The van der Waals surface area contributed by atoms with Gasteiger partial charge >= 0.3 is 0 Å². The molecule has 3 rings (SSSR count). The highest BCUT2D eigenvalue weighted by Crippen LogP contribution is 2.35. The minimum Gasteiger partial charge on any atom is -0.309 e. The van der Waals surface area contributed by atoms with Gasteiger partial charge in [-0.25, -0.2) is 12.8 Å². The van der Waals surface area contributed by atoms with Gasteiger partial charge in [-0.1, -0.05) is 34.8 Å². The van der Waals surface area contributed by atoms with E-state index in [1.807, 2.05) is 0 Å². The van der Waals surface area contributed by atoms with Crippen molar-refractivity contribution in [3.05, 3.63) is 66.9 Å². The van der Waals surface area contributed by atoms with E-state index in [1.165, 1.54) is 12.3 Å². The summed E-state index contributed by atoms with van der Waals surface area (Å²) in [4.78, 5) is 17.0. The van der Waals surface area contributed by atoms with Gasteiger partial charge in [0.05, 0.1) is 43.1 Å². The molecule has 2 aromatic heterocycles. The molecule has 1 aromatic carbocycles. The van der Waals surface area contributed by atoms with E-state index in [0.717, 1.165) is 18.4 Å². The molecule has 10 heteroatoms. The van der Waals surface area contributed by atoms with Crippen LogP contribution in [0, 0.1) is 12.7 Å². The highest BCUT2D eigenvalue weighted by atomic mass is 35.5. The third-order valence-electron chi connectivity index (χ3n) is 4.38. The van der Waals surface area contributed by atoms with Gasteiger partial charge < -0.3 is 4.57 Å². The second-order valence-electron chi connectivity index (χ2n) is 6.71. The summed E-state index contributed by atoms with van der Waals surface area (Å²) in [7, 11) is -3.15. The van der Waals surface area contributed by atoms with E-state index < -0.39 is 15.7 Å². The summed E-state index contributed by atoms with van der Waals surface area (Å²) < 4.78 is 38.1. The summed E-state index contributed by atoms with van der Waals surface area (Å²) in [5.74, 6) is -0.630. The first-order valence-electron chi connectivity index (χ1n) is 8.52. The molecule has 2 heterocycles. The van der Waals surface area contributed by atoms with Crippen LogP contribution in [0.1, 0.15) is 17.8 Å². The lowest BCUT2D eigenvalue weighted by molar-refractivity contribution is 0.599. The summed E-state index contributed by atoms with van der Waals surface area (Å²) in [6, 6.07) is 3.62. The summed E-state index contributed by atoms with van der Waals surface area (Å²) in [6.07, 6.45) is 3.10. The van der Waals surface area contributed by atoms with Gasteiger partial charge in [-0.3, -0.25) is 9.78 Å². The van der Waals surface area contributed by atoms with Gasteiger partial charge in [-0.05, 0) is 31.9 Å². The van der Waals surface area contributed by atoms with Crippen molar-refractivity contribution in [1.82, 2.24) is 9.55 Å². The van der Waals surface area contributed by atoms with Crippen molar-refractivity contribution < 1.29 is 12.8 Å². The molecule has 0 saturated carbocycles. The molecule has 0 aliphatic carbocycles.